The van der Waals surface area contributed by atoms with Crippen molar-refractivity contribution in [2.75, 3.05) is 26.9 Å². The quantitative estimate of drug-likeness (QED) is 0.0831. The monoisotopic (exact) mass is 749 g/mol. The summed E-state index contributed by atoms with van der Waals surface area (Å²) in [6.07, 6.45) is -30.8. The van der Waals surface area contributed by atoms with Gasteiger partial charge in [-0.3, -0.25) is 0 Å². The summed E-state index contributed by atoms with van der Waals surface area (Å²) in [7, 11) is 1.29. The van der Waals surface area contributed by atoms with Gasteiger partial charge in [0.05, 0.1) is 44.2 Å². The zero-order chi connectivity index (χ0) is 38.1. The van der Waals surface area contributed by atoms with Gasteiger partial charge in [0.15, 0.2) is 18.9 Å². The van der Waals surface area contributed by atoms with Gasteiger partial charge in [-0.05, 0) is 6.92 Å². The highest BCUT2D eigenvalue weighted by Crippen LogP contribution is 2.39. The third-order valence-corrected chi connectivity index (χ3v) is 9.77. The number of aliphatic hydroxyl groups excluding tert-OH is 11. The van der Waals surface area contributed by atoms with Gasteiger partial charge in [0, 0.05) is 19.4 Å². The Kier molecular flexibility index (Phi) is 14.5. The molecule has 0 aliphatic carbocycles. The number of rotatable bonds is 13. The number of methoxy groups -OCH3 is 1. The van der Waals surface area contributed by atoms with Crippen LogP contribution in [-0.2, 0) is 42.7 Å². The molecule has 0 saturated carbocycles. The summed E-state index contributed by atoms with van der Waals surface area (Å²) >= 11 is 0. The van der Waals surface area contributed by atoms with Gasteiger partial charge in [0.2, 0.25) is 0 Å². The lowest BCUT2D eigenvalue weighted by Gasteiger charge is -2.51. The molecule has 0 aromatic heterocycles. The van der Waals surface area contributed by atoms with E-state index in [4.69, 9.17) is 43.6 Å². The minimum absolute atomic E-state index is 0.723. The topological polar surface area (TPSA) is 360 Å². The lowest BCUT2D eigenvalue weighted by atomic mass is 9.88. The van der Waals surface area contributed by atoms with Crippen LogP contribution in [0.3, 0.4) is 0 Å². The van der Waals surface area contributed by atoms with Gasteiger partial charge in [-0.15, -0.1) is 0 Å². The molecule has 22 nitrogen and oxygen atoms in total. The highest BCUT2D eigenvalue weighted by molar-refractivity contribution is 5.76. The fourth-order valence-corrected chi connectivity index (χ4v) is 6.65. The van der Waals surface area contributed by atoms with Crippen molar-refractivity contribution >= 4 is 5.97 Å². The molecule has 0 bridgehead atoms. The number of hydrogen-bond acceptors (Lipinski definition) is 21. The van der Waals surface area contributed by atoms with Crippen molar-refractivity contribution in [3.8, 4) is 0 Å². The first-order valence-electron chi connectivity index (χ1n) is 16.4. The Balaban J connectivity index is 1.65. The maximum atomic E-state index is 12.7. The molecule has 14 N–H and O–H groups in total. The van der Waals surface area contributed by atoms with Crippen LogP contribution < -0.4 is 5.73 Å². The molecule has 0 radical (unpaired) electrons. The van der Waals surface area contributed by atoms with E-state index in [0.29, 0.717) is 0 Å². The molecule has 4 fully saturated rings. The van der Waals surface area contributed by atoms with Gasteiger partial charge in [-0.2, -0.15) is 0 Å². The molecule has 298 valence electrons. The molecule has 51 heavy (non-hydrogen) atoms. The zero-order valence-corrected chi connectivity index (χ0v) is 28.0. The van der Waals surface area contributed by atoms with Gasteiger partial charge in [0.25, 0.3) is 5.79 Å². The molecule has 21 atom stereocenters. The zero-order valence-electron chi connectivity index (χ0n) is 28.0. The fraction of sp³-hybridized carbons (Fsp3) is 0.966. The van der Waals surface area contributed by atoms with E-state index in [1.54, 1.807) is 6.92 Å². The predicted molar refractivity (Wildman–Crippen MR) is 160 cm³/mol. The molecule has 8 unspecified atom stereocenters. The fourth-order valence-electron chi connectivity index (χ4n) is 6.65. The lowest BCUT2D eigenvalue weighted by molar-refractivity contribution is -0.393. The Labute approximate surface area is 291 Å². The average molecular weight is 750 g/mol. The Morgan fingerprint density at radius 1 is 0.804 bits per heavy atom. The van der Waals surface area contributed by atoms with Crippen molar-refractivity contribution in [2.45, 2.75) is 143 Å². The first-order valence-corrected chi connectivity index (χ1v) is 16.4. The summed E-state index contributed by atoms with van der Waals surface area (Å²) in [4.78, 5) is 12.7. The minimum atomic E-state index is -2.96. The Bertz CT molecular complexity index is 1130. The number of carboxylic acid groups (broad SMARTS) is 1. The third kappa shape index (κ3) is 8.50. The second kappa shape index (κ2) is 17.4. The van der Waals surface area contributed by atoms with Crippen LogP contribution in [0.25, 0.3) is 0 Å². The van der Waals surface area contributed by atoms with Crippen LogP contribution in [0, 0.1) is 5.92 Å². The van der Waals surface area contributed by atoms with Gasteiger partial charge < -0.3 is 105 Å². The molecule has 4 aliphatic heterocycles. The minimum Gasteiger partial charge on any atom is -0.477 e. The van der Waals surface area contributed by atoms with Gasteiger partial charge >= 0.3 is 5.97 Å². The predicted octanol–water partition coefficient (Wildman–Crippen LogP) is -7.62. The summed E-state index contributed by atoms with van der Waals surface area (Å²) in [6.45, 7) is 0.305. The second-order valence-corrected chi connectivity index (χ2v) is 13.2. The molecule has 0 amide bonds. The normalized spacial score (nSPS) is 49.3. The molecule has 0 spiro atoms. The SMILES string of the molecule is CO[C@@H]1OC(CO)[C@@H](O[C@@H]2O[C@@H](C)[C@@H](O)C(O)C2O)C(O[C@@H]2OC(CO)[C@H](O)C(O[C@]3(C(=O)O)C[C@@H](O)[C@@H](N)C([C@H](O)[C@H](O)CO)O3)C2O)[C@@H]1C. The molecule has 4 rings (SSSR count). The number of carboxylic acids is 1. The van der Waals surface area contributed by atoms with Crippen LogP contribution in [0.5, 0.6) is 0 Å². The summed E-state index contributed by atoms with van der Waals surface area (Å²) in [5.74, 6) is -5.72. The summed E-state index contributed by atoms with van der Waals surface area (Å²) in [6, 6.07) is -1.50. The van der Waals surface area contributed by atoms with Gasteiger partial charge in [-0.25, -0.2) is 4.79 Å². The largest absolute Gasteiger partial charge is 0.477 e. The Hall–Kier alpha value is -1.33. The number of carbonyl (C=O) groups is 1. The first kappa shape index (κ1) is 42.4. The van der Waals surface area contributed by atoms with Crippen molar-refractivity contribution in [2.24, 2.45) is 11.7 Å². The van der Waals surface area contributed by atoms with Crippen LogP contribution in [0.2, 0.25) is 0 Å². The average Bonchev–Trinajstić information content (AvgIpc) is 3.11. The molecule has 4 saturated heterocycles. The second-order valence-electron chi connectivity index (χ2n) is 13.2. The van der Waals surface area contributed by atoms with E-state index < -0.39 is 160 Å². The third-order valence-electron chi connectivity index (χ3n) is 9.77. The standard InChI is InChI=1S/C29H51NO21/c1-8-21(22(13(7-33)47-25(8)44-3)49-26-19(40)18(39)15(36)9(2)45-26)48-27-20(41)24(17(38)12(6-32)46-27)51-29(28(42)43)4-10(34)14(30)23(50-29)16(37)11(35)5-31/h8-27,31-41H,4-7,30H2,1-3H3,(H,42,43)/t8-,9-,10+,11+,12?,13?,14+,15+,16+,17-,18?,19?,20?,21?,22+,23?,24?,25+,26-,27-,29-/m0/s1. The Morgan fingerprint density at radius 3 is 1.96 bits per heavy atom. The van der Waals surface area contributed by atoms with Gasteiger partial charge in [0.1, 0.15) is 73.2 Å². The highest BCUT2D eigenvalue weighted by Gasteiger charge is 2.60. The van der Waals surface area contributed by atoms with E-state index in [2.05, 4.69) is 0 Å². The van der Waals surface area contributed by atoms with Crippen molar-refractivity contribution in [3.05, 3.63) is 0 Å². The summed E-state index contributed by atoms with van der Waals surface area (Å²) < 4.78 is 45.7. The van der Waals surface area contributed by atoms with E-state index in [9.17, 15) is 66.1 Å². The van der Waals surface area contributed by atoms with Crippen LogP contribution in [0.15, 0.2) is 0 Å². The van der Waals surface area contributed by atoms with E-state index >= 15 is 0 Å². The van der Waals surface area contributed by atoms with Crippen LogP contribution in [-0.4, -0.2) is 216 Å². The smallest absolute Gasteiger partial charge is 0.364 e. The molecule has 4 heterocycles. The number of nitrogens with two attached hydrogens (primary N) is 1. The molecule has 0 aromatic rings. The number of aliphatic hydroxyl groups is 11. The van der Waals surface area contributed by atoms with Crippen molar-refractivity contribution in [1.29, 1.82) is 0 Å². The summed E-state index contributed by atoms with van der Waals surface area (Å²) in [5, 5.41) is 125. The van der Waals surface area contributed by atoms with E-state index in [0.717, 1.165) is 0 Å². The maximum Gasteiger partial charge on any atom is 0.364 e. The molecule has 0 aromatic carbocycles. The van der Waals surface area contributed by atoms with Crippen molar-refractivity contribution in [3.63, 3.8) is 0 Å². The van der Waals surface area contributed by atoms with E-state index in [-0.39, 0.29) is 0 Å². The molecule has 4 aliphatic rings. The first-order chi connectivity index (χ1) is 24.0. The molecule has 22 heteroatoms. The number of aliphatic carboxylic acids is 1. The van der Waals surface area contributed by atoms with Crippen LogP contribution in [0.1, 0.15) is 20.3 Å². The summed E-state index contributed by atoms with van der Waals surface area (Å²) in [5.41, 5.74) is 5.91. The lowest BCUT2D eigenvalue weighted by Crippen LogP contribution is -2.70. The van der Waals surface area contributed by atoms with E-state index in [1.165, 1.54) is 14.0 Å². The van der Waals surface area contributed by atoms with Crippen LogP contribution in [0.4, 0.5) is 0 Å². The Morgan fingerprint density at radius 2 is 1.39 bits per heavy atom. The number of ether oxygens (including phenoxy) is 8. The van der Waals surface area contributed by atoms with Crippen molar-refractivity contribution < 1.29 is 104 Å². The number of hydrogen-bond donors (Lipinski definition) is 13. The molecular weight excluding hydrogens is 698 g/mol. The van der Waals surface area contributed by atoms with Crippen molar-refractivity contribution in [1.82, 2.24) is 0 Å². The molecular formula is C29H51NO21. The maximum absolute atomic E-state index is 12.7. The van der Waals surface area contributed by atoms with E-state index in [1.807, 2.05) is 0 Å². The van der Waals surface area contributed by atoms with Gasteiger partial charge in [-0.1, -0.05) is 6.92 Å². The van der Waals surface area contributed by atoms with Crippen LogP contribution >= 0.6 is 0 Å². The highest BCUT2D eigenvalue weighted by atomic mass is 16.8.